The average Bonchev–Trinajstić information content (AvgIpc) is 3.25. The summed E-state index contributed by atoms with van der Waals surface area (Å²) in [6.07, 6.45) is 0. The summed E-state index contributed by atoms with van der Waals surface area (Å²) in [5.41, 5.74) is 2.66. The van der Waals surface area contributed by atoms with Gasteiger partial charge in [-0.25, -0.2) is 0 Å². The van der Waals surface area contributed by atoms with E-state index in [1.807, 2.05) is 36.0 Å². The van der Waals surface area contributed by atoms with Crippen LogP contribution in [0.5, 0.6) is 5.75 Å². The van der Waals surface area contributed by atoms with Gasteiger partial charge in [0.25, 0.3) is 5.91 Å². The molecule has 0 aliphatic carbocycles. The van der Waals surface area contributed by atoms with Gasteiger partial charge in [-0.2, -0.15) is 5.10 Å². The van der Waals surface area contributed by atoms with Crippen molar-refractivity contribution in [1.82, 2.24) is 15.1 Å². The number of aromatic nitrogens is 2. The molecule has 3 aromatic rings. The third kappa shape index (κ3) is 3.91. The van der Waals surface area contributed by atoms with Crippen LogP contribution in [0.3, 0.4) is 0 Å². The highest BCUT2D eigenvalue weighted by atomic mass is 32.1. The van der Waals surface area contributed by atoms with Crippen LogP contribution in [-0.4, -0.2) is 29.3 Å². The Bertz CT molecular complexity index is 838. The molecule has 0 aliphatic rings. The van der Waals surface area contributed by atoms with E-state index in [4.69, 9.17) is 4.74 Å². The van der Waals surface area contributed by atoms with Gasteiger partial charge in [-0.3, -0.25) is 9.48 Å². The molecule has 0 saturated heterocycles. The number of carbonyl (C=O) groups excluding carboxylic acids is 1. The van der Waals surface area contributed by atoms with Crippen molar-refractivity contribution in [3.8, 4) is 5.75 Å². The van der Waals surface area contributed by atoms with Crippen molar-refractivity contribution in [1.29, 1.82) is 0 Å². The molecule has 2 aromatic heterocycles. The average molecular weight is 355 g/mol. The van der Waals surface area contributed by atoms with E-state index in [2.05, 4.69) is 16.5 Å². The Labute approximate surface area is 151 Å². The third-order valence-electron chi connectivity index (χ3n) is 4.02. The Hall–Kier alpha value is -2.60. The summed E-state index contributed by atoms with van der Waals surface area (Å²) in [4.78, 5) is 13.6. The number of benzene rings is 1. The van der Waals surface area contributed by atoms with Crippen molar-refractivity contribution in [3.63, 3.8) is 0 Å². The third-order valence-corrected chi connectivity index (χ3v) is 4.99. The van der Waals surface area contributed by atoms with E-state index < -0.39 is 0 Å². The first-order chi connectivity index (χ1) is 12.1. The van der Waals surface area contributed by atoms with E-state index in [-0.39, 0.29) is 11.9 Å². The van der Waals surface area contributed by atoms with E-state index >= 15 is 0 Å². The molecule has 1 aromatic carbocycles. The molecule has 1 atom stereocenters. The number of hydrogen-bond donors (Lipinski definition) is 1. The number of ether oxygens (including phenoxy) is 1. The van der Waals surface area contributed by atoms with Crippen LogP contribution in [0.25, 0.3) is 0 Å². The molecule has 6 heteroatoms. The lowest BCUT2D eigenvalue weighted by atomic mass is 10.2. The van der Waals surface area contributed by atoms with Gasteiger partial charge >= 0.3 is 0 Å². The normalized spacial score (nSPS) is 12.0. The second-order valence-corrected chi connectivity index (χ2v) is 6.82. The smallest absolute Gasteiger partial charge is 0.251 e. The van der Waals surface area contributed by atoms with Gasteiger partial charge in [0.1, 0.15) is 11.8 Å². The SMILES string of the molecule is COc1ccc(C(=O)NCC(c2cccs2)n2nc(C)cc2C)cc1. The standard InChI is InChI=1S/C19H21N3O2S/c1-13-11-14(2)22(21-13)17(18-5-4-10-25-18)12-20-19(23)15-6-8-16(24-3)9-7-15/h4-11,17H,12H2,1-3H3,(H,20,23). The molecule has 0 saturated carbocycles. The molecule has 0 bridgehead atoms. The van der Waals surface area contributed by atoms with Crippen LogP contribution in [0, 0.1) is 13.8 Å². The summed E-state index contributed by atoms with van der Waals surface area (Å²) in [6, 6.07) is 13.2. The Morgan fingerprint density at radius 2 is 2.04 bits per heavy atom. The lowest BCUT2D eigenvalue weighted by Crippen LogP contribution is -2.31. The molecule has 0 aliphatic heterocycles. The van der Waals surface area contributed by atoms with E-state index in [1.165, 1.54) is 4.88 Å². The zero-order valence-corrected chi connectivity index (χ0v) is 15.3. The van der Waals surface area contributed by atoms with Crippen LogP contribution < -0.4 is 10.1 Å². The van der Waals surface area contributed by atoms with Crippen LogP contribution in [0.1, 0.15) is 32.7 Å². The highest BCUT2D eigenvalue weighted by Gasteiger charge is 2.19. The number of methoxy groups -OCH3 is 1. The largest absolute Gasteiger partial charge is 0.497 e. The maximum Gasteiger partial charge on any atom is 0.251 e. The lowest BCUT2D eigenvalue weighted by molar-refractivity contribution is 0.0949. The number of nitrogens with zero attached hydrogens (tertiary/aromatic N) is 2. The van der Waals surface area contributed by atoms with Crippen LogP contribution in [0.2, 0.25) is 0 Å². The number of rotatable bonds is 6. The zero-order valence-electron chi connectivity index (χ0n) is 14.5. The van der Waals surface area contributed by atoms with Crippen molar-refractivity contribution in [3.05, 3.63) is 69.7 Å². The molecule has 3 rings (SSSR count). The Morgan fingerprint density at radius 1 is 1.28 bits per heavy atom. The molecule has 25 heavy (non-hydrogen) atoms. The van der Waals surface area contributed by atoms with Crippen LogP contribution in [0.15, 0.2) is 47.8 Å². The minimum absolute atomic E-state index is 0.0177. The molecule has 130 valence electrons. The maximum absolute atomic E-state index is 12.5. The van der Waals surface area contributed by atoms with Gasteiger partial charge < -0.3 is 10.1 Å². The summed E-state index contributed by atoms with van der Waals surface area (Å²) < 4.78 is 7.11. The Morgan fingerprint density at radius 3 is 2.60 bits per heavy atom. The van der Waals surface area contributed by atoms with Gasteiger partial charge in [-0.05, 0) is 55.6 Å². The molecular formula is C19H21N3O2S. The van der Waals surface area contributed by atoms with Crippen LogP contribution in [0.4, 0.5) is 0 Å². The molecule has 0 spiro atoms. The maximum atomic E-state index is 12.5. The highest BCUT2D eigenvalue weighted by molar-refractivity contribution is 7.10. The highest BCUT2D eigenvalue weighted by Crippen LogP contribution is 2.24. The van der Waals surface area contributed by atoms with Crippen molar-refractivity contribution in [2.45, 2.75) is 19.9 Å². The van der Waals surface area contributed by atoms with Crippen LogP contribution >= 0.6 is 11.3 Å². The molecular weight excluding hydrogens is 334 g/mol. The van der Waals surface area contributed by atoms with Crippen molar-refractivity contribution >= 4 is 17.2 Å². The molecule has 2 heterocycles. The van der Waals surface area contributed by atoms with Gasteiger partial charge in [-0.15, -0.1) is 11.3 Å². The Balaban J connectivity index is 1.76. The first-order valence-corrected chi connectivity index (χ1v) is 8.95. The van der Waals surface area contributed by atoms with Crippen molar-refractivity contribution in [2.75, 3.05) is 13.7 Å². The van der Waals surface area contributed by atoms with Gasteiger partial charge in [0, 0.05) is 22.7 Å². The monoisotopic (exact) mass is 355 g/mol. The fourth-order valence-corrected chi connectivity index (χ4v) is 3.60. The van der Waals surface area contributed by atoms with E-state index in [0.29, 0.717) is 12.1 Å². The van der Waals surface area contributed by atoms with Gasteiger partial charge in [0.2, 0.25) is 0 Å². The van der Waals surface area contributed by atoms with Crippen molar-refractivity contribution < 1.29 is 9.53 Å². The quantitative estimate of drug-likeness (QED) is 0.735. The number of amides is 1. The lowest BCUT2D eigenvalue weighted by Gasteiger charge is -2.19. The second-order valence-electron chi connectivity index (χ2n) is 5.84. The van der Waals surface area contributed by atoms with E-state index in [1.54, 1.807) is 42.7 Å². The fraction of sp³-hybridized carbons (Fsp3) is 0.263. The topological polar surface area (TPSA) is 56.1 Å². The van der Waals surface area contributed by atoms with Gasteiger partial charge in [-0.1, -0.05) is 6.07 Å². The minimum atomic E-state index is -0.106. The van der Waals surface area contributed by atoms with Gasteiger partial charge in [0.05, 0.1) is 12.8 Å². The van der Waals surface area contributed by atoms with Crippen molar-refractivity contribution in [2.24, 2.45) is 0 Å². The van der Waals surface area contributed by atoms with E-state index in [9.17, 15) is 4.79 Å². The summed E-state index contributed by atoms with van der Waals surface area (Å²) in [7, 11) is 1.61. The number of aryl methyl sites for hydroxylation is 2. The number of nitrogens with one attached hydrogen (secondary N) is 1. The first kappa shape index (κ1) is 17.2. The van der Waals surface area contributed by atoms with E-state index in [0.717, 1.165) is 17.1 Å². The molecule has 0 radical (unpaired) electrons. The number of carbonyl (C=O) groups is 1. The fourth-order valence-electron chi connectivity index (χ4n) is 2.78. The van der Waals surface area contributed by atoms with Gasteiger partial charge in [0.15, 0.2) is 0 Å². The molecule has 1 unspecified atom stereocenters. The molecule has 0 fully saturated rings. The number of hydrogen-bond acceptors (Lipinski definition) is 4. The number of thiophene rings is 1. The zero-order chi connectivity index (χ0) is 17.8. The summed E-state index contributed by atoms with van der Waals surface area (Å²) in [5, 5.41) is 9.66. The first-order valence-electron chi connectivity index (χ1n) is 8.07. The molecule has 1 amide bonds. The summed E-state index contributed by atoms with van der Waals surface area (Å²) >= 11 is 1.67. The molecule has 1 N–H and O–H groups in total. The summed E-state index contributed by atoms with van der Waals surface area (Å²) in [5.74, 6) is 0.626. The predicted molar refractivity (Wildman–Crippen MR) is 99.5 cm³/mol. The summed E-state index contributed by atoms with van der Waals surface area (Å²) in [6.45, 7) is 4.49. The molecule has 5 nitrogen and oxygen atoms in total. The minimum Gasteiger partial charge on any atom is -0.497 e. The predicted octanol–water partition coefficient (Wildman–Crippen LogP) is 3.59. The second kappa shape index (κ2) is 7.53. The van der Waals surface area contributed by atoms with Crippen LogP contribution in [-0.2, 0) is 0 Å². The Kier molecular flexibility index (Phi) is 5.19.